The van der Waals surface area contributed by atoms with Gasteiger partial charge in [-0.15, -0.1) is 0 Å². The highest BCUT2D eigenvalue weighted by Gasteiger charge is 2.54. The largest absolute Gasteiger partial charge is 0.480 e. The fraction of sp³-hybridized carbons (Fsp3) is 0.240. The number of furan rings is 2. The van der Waals surface area contributed by atoms with Crippen molar-refractivity contribution in [1.82, 2.24) is 4.37 Å². The van der Waals surface area contributed by atoms with E-state index in [2.05, 4.69) is 21.5 Å². The minimum Gasteiger partial charge on any atom is -0.480 e. The number of fused-ring (bicyclic) bond motifs is 1. The van der Waals surface area contributed by atoms with Crippen LogP contribution in [0.3, 0.4) is 0 Å². The zero-order chi connectivity index (χ0) is 23.9. The number of carboxylic acid groups (broad SMARTS) is 1. The fourth-order valence-corrected chi connectivity index (χ4v) is 4.35. The number of aryl methyl sites for hydroxylation is 1. The van der Waals surface area contributed by atoms with E-state index in [-0.39, 0.29) is 5.78 Å². The molecule has 0 bridgehead atoms. The van der Waals surface area contributed by atoms with Crippen molar-refractivity contribution in [1.29, 1.82) is 0 Å². The molecule has 1 amide bonds. The third-order valence-corrected chi connectivity index (χ3v) is 6.50. The quantitative estimate of drug-likeness (QED) is 0.359. The molecule has 8 nitrogen and oxygen atoms in total. The Bertz CT molecular complexity index is 1430. The Hall–Kier alpha value is -4.03. The summed E-state index contributed by atoms with van der Waals surface area (Å²) in [7, 11) is 0. The van der Waals surface area contributed by atoms with E-state index < -0.39 is 23.6 Å². The zero-order valence-corrected chi connectivity index (χ0v) is 19.2. The minimum absolute atomic E-state index is 0.234. The van der Waals surface area contributed by atoms with Gasteiger partial charge in [0.05, 0.1) is 11.1 Å². The molecule has 1 aliphatic carbocycles. The highest BCUT2D eigenvalue weighted by molar-refractivity contribution is 7.04. The van der Waals surface area contributed by atoms with E-state index in [9.17, 15) is 14.7 Å². The Balaban J connectivity index is 1.27. The second-order valence-electron chi connectivity index (χ2n) is 8.21. The van der Waals surface area contributed by atoms with Crippen molar-refractivity contribution in [3.05, 3.63) is 70.1 Å². The zero-order valence-electron chi connectivity index (χ0n) is 18.4. The molecule has 1 atom stereocenters. The lowest BCUT2D eigenvalue weighted by Gasteiger charge is -2.15. The summed E-state index contributed by atoms with van der Waals surface area (Å²) in [6, 6.07) is 11.1. The molecule has 1 unspecified atom stereocenters. The molecule has 1 fully saturated rings. The van der Waals surface area contributed by atoms with Gasteiger partial charge in [-0.1, -0.05) is 24.3 Å². The van der Waals surface area contributed by atoms with Gasteiger partial charge in [-0.25, -0.2) is 4.79 Å². The van der Waals surface area contributed by atoms with E-state index in [1.165, 1.54) is 0 Å². The first kappa shape index (κ1) is 21.8. The van der Waals surface area contributed by atoms with Crippen molar-refractivity contribution < 1.29 is 28.3 Å². The van der Waals surface area contributed by atoms with E-state index >= 15 is 0 Å². The molecule has 4 aromatic rings. The first-order valence-electron chi connectivity index (χ1n) is 10.6. The van der Waals surface area contributed by atoms with Gasteiger partial charge in [0.15, 0.2) is 11.5 Å². The van der Waals surface area contributed by atoms with Crippen LogP contribution in [0.1, 0.15) is 54.2 Å². The molecule has 1 aliphatic rings. The maximum atomic E-state index is 12.4. The maximum absolute atomic E-state index is 12.4. The molecule has 0 spiro atoms. The smallest absolute Gasteiger partial charge is 0.412 e. The molecule has 1 saturated carbocycles. The van der Waals surface area contributed by atoms with Crippen LogP contribution in [0.25, 0.3) is 11.2 Å². The first-order valence-corrected chi connectivity index (χ1v) is 11.5. The Morgan fingerprint density at radius 1 is 1.24 bits per heavy atom. The molecule has 1 aromatic carbocycles. The van der Waals surface area contributed by atoms with Gasteiger partial charge in [0.2, 0.25) is 0 Å². The Labute approximate surface area is 198 Å². The number of rotatable bonds is 5. The number of hydrogen-bond acceptors (Lipinski definition) is 7. The second kappa shape index (κ2) is 8.39. The summed E-state index contributed by atoms with van der Waals surface area (Å²) in [5.41, 5.74) is 1.86. The van der Waals surface area contributed by atoms with Crippen LogP contribution in [0, 0.1) is 18.8 Å². The fourth-order valence-electron chi connectivity index (χ4n) is 3.77. The lowest BCUT2D eigenvalue weighted by atomic mass is 10.0. The highest BCUT2D eigenvalue weighted by atomic mass is 32.1. The summed E-state index contributed by atoms with van der Waals surface area (Å²) in [5, 5.41) is 14.4. The number of carbonyl (C=O) groups is 2. The molecule has 2 N–H and O–H groups in total. The summed E-state index contributed by atoms with van der Waals surface area (Å²) >= 11 is 1.15. The summed E-state index contributed by atoms with van der Waals surface area (Å²) in [6.07, 6.45) is 0.0875. The standard InChI is InChI=1S/C25H20N2O6S/c1-14-5-3-4-6-18(14)15(2)31-24(30)26-20-13-34-27-19(20)8-7-17-11-16-12-21(33-22(16)32-17)25(9-10-25)23(28)29/h3-6,11-13,15H,9-10H2,1-2H3,(H,26,30)(H,28,29). The molecular formula is C25H20N2O6S. The van der Waals surface area contributed by atoms with Crippen molar-refractivity contribution in [3.8, 4) is 11.8 Å². The third kappa shape index (κ3) is 4.04. The average Bonchev–Trinajstić information content (AvgIpc) is 3.12. The number of aromatic nitrogens is 1. The summed E-state index contributed by atoms with van der Waals surface area (Å²) in [5.74, 6) is 5.84. The van der Waals surface area contributed by atoms with Crippen molar-refractivity contribution in [2.75, 3.05) is 5.32 Å². The van der Waals surface area contributed by atoms with Crippen LogP contribution in [0.5, 0.6) is 0 Å². The van der Waals surface area contributed by atoms with Gasteiger partial charge in [0, 0.05) is 11.4 Å². The van der Waals surface area contributed by atoms with Gasteiger partial charge < -0.3 is 18.7 Å². The highest BCUT2D eigenvalue weighted by Crippen LogP contribution is 2.50. The number of benzene rings is 1. The van der Waals surface area contributed by atoms with E-state index in [0.717, 1.165) is 22.7 Å². The number of anilines is 1. The first-order chi connectivity index (χ1) is 16.4. The van der Waals surface area contributed by atoms with Crippen LogP contribution in [0.4, 0.5) is 10.5 Å². The molecule has 34 heavy (non-hydrogen) atoms. The molecular weight excluding hydrogens is 456 g/mol. The molecule has 3 aromatic heterocycles. The monoisotopic (exact) mass is 476 g/mol. The van der Waals surface area contributed by atoms with Gasteiger partial charge in [-0.05, 0) is 67.3 Å². The van der Waals surface area contributed by atoms with Crippen molar-refractivity contribution in [3.63, 3.8) is 0 Å². The lowest BCUT2D eigenvalue weighted by molar-refractivity contribution is -0.140. The SMILES string of the molecule is Cc1ccccc1C(C)OC(=O)Nc1csnc1C#Cc1cc2cc(C3(C(=O)O)CC3)oc2o1. The second-order valence-corrected chi connectivity index (χ2v) is 8.84. The summed E-state index contributed by atoms with van der Waals surface area (Å²) < 4.78 is 21.0. The van der Waals surface area contributed by atoms with E-state index in [4.69, 9.17) is 13.6 Å². The lowest BCUT2D eigenvalue weighted by Crippen LogP contribution is -2.18. The molecule has 9 heteroatoms. The van der Waals surface area contributed by atoms with Gasteiger partial charge in [-0.3, -0.25) is 10.1 Å². The van der Waals surface area contributed by atoms with Crippen molar-refractivity contribution in [2.45, 2.75) is 38.2 Å². The van der Waals surface area contributed by atoms with E-state index in [1.54, 1.807) is 17.5 Å². The van der Waals surface area contributed by atoms with Crippen LogP contribution in [-0.2, 0) is 14.9 Å². The molecule has 0 aliphatic heterocycles. The number of amides is 1. The van der Waals surface area contributed by atoms with Gasteiger partial charge in [-0.2, -0.15) is 4.37 Å². The van der Waals surface area contributed by atoms with Crippen molar-refractivity contribution in [2.24, 2.45) is 0 Å². The van der Waals surface area contributed by atoms with Crippen LogP contribution < -0.4 is 5.32 Å². The predicted octanol–water partition coefficient (Wildman–Crippen LogP) is 5.62. The van der Waals surface area contributed by atoms with Gasteiger partial charge in [0.1, 0.15) is 17.3 Å². The Kier molecular flexibility index (Phi) is 5.38. The molecule has 172 valence electrons. The number of nitrogens with one attached hydrogen (secondary N) is 1. The number of hydrogen-bond donors (Lipinski definition) is 2. The normalized spacial score (nSPS) is 14.8. The Morgan fingerprint density at radius 2 is 2.03 bits per heavy atom. The van der Waals surface area contributed by atoms with Crippen LogP contribution >= 0.6 is 11.5 Å². The van der Waals surface area contributed by atoms with Gasteiger partial charge in [0.25, 0.3) is 5.78 Å². The van der Waals surface area contributed by atoms with Crippen LogP contribution in [0.15, 0.2) is 50.6 Å². The maximum Gasteiger partial charge on any atom is 0.412 e. The number of ether oxygens (including phenoxy) is 1. The summed E-state index contributed by atoms with van der Waals surface area (Å²) in [6.45, 7) is 3.78. The van der Waals surface area contributed by atoms with E-state index in [1.807, 2.05) is 38.1 Å². The van der Waals surface area contributed by atoms with Crippen LogP contribution in [0.2, 0.25) is 0 Å². The molecule has 0 radical (unpaired) electrons. The molecule has 3 heterocycles. The number of carbonyl (C=O) groups excluding carboxylic acids is 1. The third-order valence-electron chi connectivity index (χ3n) is 5.87. The minimum atomic E-state index is -0.931. The Morgan fingerprint density at radius 3 is 2.74 bits per heavy atom. The molecule has 0 saturated heterocycles. The van der Waals surface area contributed by atoms with E-state index in [0.29, 0.717) is 41.1 Å². The number of carboxylic acids is 1. The number of aliphatic carboxylic acids is 1. The number of nitrogens with zero attached hydrogens (tertiary/aromatic N) is 1. The average molecular weight is 477 g/mol. The predicted molar refractivity (Wildman–Crippen MR) is 125 cm³/mol. The van der Waals surface area contributed by atoms with Crippen molar-refractivity contribution >= 4 is 40.4 Å². The topological polar surface area (TPSA) is 115 Å². The molecule has 5 rings (SSSR count). The van der Waals surface area contributed by atoms with Crippen LogP contribution in [-0.4, -0.2) is 21.5 Å². The van der Waals surface area contributed by atoms with Gasteiger partial charge >= 0.3 is 12.1 Å². The summed E-state index contributed by atoms with van der Waals surface area (Å²) in [4.78, 5) is 23.9.